The summed E-state index contributed by atoms with van der Waals surface area (Å²) in [6.45, 7) is 8.46. The molecule has 0 spiro atoms. The normalized spacial score (nSPS) is 19.6. The van der Waals surface area contributed by atoms with Crippen molar-refractivity contribution in [2.75, 3.05) is 12.4 Å². The van der Waals surface area contributed by atoms with Gasteiger partial charge in [-0.15, -0.1) is 11.6 Å². The van der Waals surface area contributed by atoms with Crippen molar-refractivity contribution in [2.24, 2.45) is 0 Å². The highest BCUT2D eigenvalue weighted by molar-refractivity contribution is 6.62. The second-order valence-electron chi connectivity index (χ2n) is 6.16. The van der Waals surface area contributed by atoms with E-state index in [1.165, 1.54) is 0 Å². The summed E-state index contributed by atoms with van der Waals surface area (Å²) in [6.07, 6.45) is 0. The molecule has 1 aliphatic heterocycles. The van der Waals surface area contributed by atoms with Crippen LogP contribution in [0.1, 0.15) is 38.1 Å². The Bertz CT molecular complexity index is 517. The molecule has 2 rings (SSSR count). The zero-order chi connectivity index (χ0) is 15.7. The number of alkyl halides is 1. The van der Waals surface area contributed by atoms with Crippen molar-refractivity contribution < 1.29 is 14.1 Å². The molecule has 0 bridgehead atoms. The van der Waals surface area contributed by atoms with Crippen LogP contribution in [0.3, 0.4) is 0 Å². The molecule has 1 saturated heterocycles. The van der Waals surface area contributed by atoms with Crippen molar-refractivity contribution in [2.45, 2.75) is 38.9 Å². The molecule has 0 saturated carbocycles. The number of carbonyl (C=O) groups excluding carboxylic acids is 1. The van der Waals surface area contributed by atoms with Crippen molar-refractivity contribution in [1.29, 1.82) is 0 Å². The van der Waals surface area contributed by atoms with Gasteiger partial charge in [0.2, 0.25) is 0 Å². The second kappa shape index (κ2) is 5.99. The van der Waals surface area contributed by atoms with Crippen molar-refractivity contribution in [3.63, 3.8) is 0 Å². The topological polar surface area (TPSA) is 47.6 Å². The summed E-state index contributed by atoms with van der Waals surface area (Å²) in [5.74, 6) is 0.247. The van der Waals surface area contributed by atoms with Crippen LogP contribution in [0.5, 0.6) is 0 Å². The van der Waals surface area contributed by atoms with Crippen LogP contribution in [0.25, 0.3) is 0 Å². The lowest BCUT2D eigenvalue weighted by Gasteiger charge is -2.32. The van der Waals surface area contributed by atoms with Gasteiger partial charge < -0.3 is 14.6 Å². The molecular formula is C15H21BClNO3. The Morgan fingerprint density at radius 1 is 1.24 bits per heavy atom. The Morgan fingerprint density at radius 3 is 2.43 bits per heavy atom. The second-order valence-corrected chi connectivity index (χ2v) is 6.54. The van der Waals surface area contributed by atoms with E-state index >= 15 is 0 Å². The summed E-state index contributed by atoms with van der Waals surface area (Å²) in [5, 5.41) is 2.75. The number of halogens is 1. The van der Waals surface area contributed by atoms with Crippen LogP contribution in [-0.2, 0) is 9.31 Å². The predicted octanol–water partition coefficient (Wildman–Crippen LogP) is 1.95. The molecule has 114 valence electrons. The Labute approximate surface area is 131 Å². The predicted molar refractivity (Wildman–Crippen MR) is 85.2 cm³/mol. The van der Waals surface area contributed by atoms with E-state index in [-0.39, 0.29) is 5.91 Å². The third kappa shape index (κ3) is 3.42. The number of benzene rings is 1. The van der Waals surface area contributed by atoms with E-state index in [4.69, 9.17) is 20.9 Å². The van der Waals surface area contributed by atoms with Crippen LogP contribution in [0.2, 0.25) is 0 Å². The zero-order valence-corrected chi connectivity index (χ0v) is 13.7. The first-order valence-corrected chi connectivity index (χ1v) is 7.60. The number of hydrogen-bond acceptors (Lipinski definition) is 3. The zero-order valence-electron chi connectivity index (χ0n) is 12.9. The van der Waals surface area contributed by atoms with Crippen molar-refractivity contribution >= 4 is 30.1 Å². The van der Waals surface area contributed by atoms with Gasteiger partial charge in [0.25, 0.3) is 5.91 Å². The molecule has 1 N–H and O–H groups in total. The summed E-state index contributed by atoms with van der Waals surface area (Å²) in [5.41, 5.74) is 0.628. The molecule has 1 heterocycles. The van der Waals surface area contributed by atoms with E-state index in [0.29, 0.717) is 18.0 Å². The lowest BCUT2D eigenvalue weighted by atomic mass is 9.78. The van der Waals surface area contributed by atoms with Crippen LogP contribution >= 0.6 is 11.6 Å². The molecule has 1 aliphatic rings. The number of rotatable bonds is 4. The van der Waals surface area contributed by atoms with Crippen molar-refractivity contribution in [3.05, 3.63) is 29.8 Å². The smallest absolute Gasteiger partial charge is 0.399 e. The molecule has 1 aromatic rings. The van der Waals surface area contributed by atoms with Crippen LogP contribution in [0, 0.1) is 0 Å². The molecule has 4 nitrogen and oxygen atoms in total. The molecule has 0 unspecified atom stereocenters. The highest BCUT2D eigenvalue weighted by Gasteiger charge is 2.51. The van der Waals surface area contributed by atoms with Crippen molar-refractivity contribution in [3.8, 4) is 0 Å². The first-order chi connectivity index (χ1) is 9.77. The van der Waals surface area contributed by atoms with Gasteiger partial charge in [-0.05, 0) is 45.3 Å². The fourth-order valence-corrected chi connectivity index (χ4v) is 2.16. The molecule has 0 aromatic heterocycles. The molecule has 21 heavy (non-hydrogen) atoms. The summed E-state index contributed by atoms with van der Waals surface area (Å²) >= 11 is 5.58. The molecule has 1 aromatic carbocycles. The molecular weight excluding hydrogens is 288 g/mol. The van der Waals surface area contributed by atoms with Gasteiger partial charge in [-0.25, -0.2) is 0 Å². The summed E-state index contributed by atoms with van der Waals surface area (Å²) in [6, 6.07) is 7.29. The van der Waals surface area contributed by atoms with E-state index in [2.05, 4.69) is 5.32 Å². The highest BCUT2D eigenvalue weighted by atomic mass is 35.5. The maximum Gasteiger partial charge on any atom is 0.494 e. The minimum absolute atomic E-state index is 0.144. The van der Waals surface area contributed by atoms with Gasteiger partial charge in [-0.3, -0.25) is 4.79 Å². The maximum atomic E-state index is 12.0. The molecule has 0 atom stereocenters. The minimum atomic E-state index is -0.462. The van der Waals surface area contributed by atoms with Gasteiger partial charge in [0.1, 0.15) is 0 Å². The van der Waals surface area contributed by atoms with Crippen molar-refractivity contribution in [1.82, 2.24) is 5.32 Å². The quantitative estimate of drug-likeness (QED) is 0.683. The standard InChI is InChI=1S/C15H21BClNO3/c1-14(2)15(3,4)21-16(20-14)12-7-5-6-11(10-12)13(19)18-9-8-17/h5-7,10H,8-9H2,1-4H3,(H,18,19). The Balaban J connectivity index is 2.17. The van der Waals surface area contributed by atoms with Crippen LogP contribution < -0.4 is 10.8 Å². The van der Waals surface area contributed by atoms with Gasteiger partial charge in [-0.2, -0.15) is 0 Å². The SMILES string of the molecule is CC1(C)OB(c2cccc(C(=O)NCCCl)c2)OC1(C)C. The number of carbonyl (C=O) groups is 1. The fraction of sp³-hybridized carbons (Fsp3) is 0.533. The Kier molecular flexibility index (Phi) is 4.66. The third-order valence-corrected chi connectivity index (χ3v) is 4.24. The Hall–Kier alpha value is -1.04. The van der Waals surface area contributed by atoms with Crippen LogP contribution in [0.4, 0.5) is 0 Å². The van der Waals surface area contributed by atoms with E-state index < -0.39 is 18.3 Å². The van der Waals surface area contributed by atoms with E-state index in [1.807, 2.05) is 39.8 Å². The van der Waals surface area contributed by atoms with E-state index in [9.17, 15) is 4.79 Å². The van der Waals surface area contributed by atoms with E-state index in [1.54, 1.807) is 12.1 Å². The largest absolute Gasteiger partial charge is 0.494 e. The molecule has 1 amide bonds. The monoisotopic (exact) mass is 309 g/mol. The van der Waals surface area contributed by atoms with Gasteiger partial charge in [0.05, 0.1) is 11.2 Å². The molecule has 6 heteroatoms. The van der Waals surface area contributed by atoms with E-state index in [0.717, 1.165) is 5.46 Å². The van der Waals surface area contributed by atoms with Gasteiger partial charge >= 0.3 is 7.12 Å². The number of nitrogens with one attached hydrogen (secondary N) is 1. The molecule has 1 fully saturated rings. The summed E-state index contributed by atoms with van der Waals surface area (Å²) in [7, 11) is -0.462. The number of amides is 1. The van der Waals surface area contributed by atoms with Crippen LogP contribution in [0.15, 0.2) is 24.3 Å². The molecule has 0 aliphatic carbocycles. The minimum Gasteiger partial charge on any atom is -0.399 e. The first kappa shape index (κ1) is 16.3. The van der Waals surface area contributed by atoms with Crippen LogP contribution in [-0.4, -0.2) is 36.7 Å². The van der Waals surface area contributed by atoms with Gasteiger partial charge in [0, 0.05) is 18.0 Å². The van der Waals surface area contributed by atoms with Gasteiger partial charge in [-0.1, -0.05) is 12.1 Å². The average molecular weight is 310 g/mol. The fourth-order valence-electron chi connectivity index (χ4n) is 2.07. The number of hydrogen-bond donors (Lipinski definition) is 1. The average Bonchev–Trinajstić information content (AvgIpc) is 2.65. The maximum absolute atomic E-state index is 12.0. The Morgan fingerprint density at radius 2 is 1.86 bits per heavy atom. The highest BCUT2D eigenvalue weighted by Crippen LogP contribution is 2.36. The summed E-state index contributed by atoms with van der Waals surface area (Å²) < 4.78 is 12.0. The lowest BCUT2D eigenvalue weighted by molar-refractivity contribution is 0.00578. The third-order valence-electron chi connectivity index (χ3n) is 4.05. The lowest BCUT2D eigenvalue weighted by Crippen LogP contribution is -2.41. The first-order valence-electron chi connectivity index (χ1n) is 7.06. The summed E-state index contributed by atoms with van der Waals surface area (Å²) in [4.78, 5) is 12.0. The molecule has 0 radical (unpaired) electrons. The van der Waals surface area contributed by atoms with Gasteiger partial charge in [0.15, 0.2) is 0 Å².